The van der Waals surface area contributed by atoms with Crippen molar-refractivity contribution in [3.05, 3.63) is 34.7 Å². The van der Waals surface area contributed by atoms with Crippen molar-refractivity contribution in [2.24, 2.45) is 5.11 Å². The Kier molecular flexibility index (Phi) is 6.30. The molecule has 0 atom stereocenters. The Labute approximate surface area is 152 Å². The molecule has 0 spiro atoms. The van der Waals surface area contributed by atoms with Crippen LogP contribution in [0, 0.1) is 0 Å². The van der Waals surface area contributed by atoms with Crippen LogP contribution in [0.25, 0.3) is 10.4 Å². The topological polar surface area (TPSA) is 111 Å². The maximum absolute atomic E-state index is 12.1. The fourth-order valence-electron chi connectivity index (χ4n) is 2.53. The summed E-state index contributed by atoms with van der Waals surface area (Å²) in [5, 5.41) is 5.88. The van der Waals surface area contributed by atoms with Gasteiger partial charge in [-0.25, -0.2) is 4.79 Å². The number of rotatable bonds is 4. The minimum atomic E-state index is -0.493. The van der Waals surface area contributed by atoms with Gasteiger partial charge in [0.25, 0.3) is 0 Å². The van der Waals surface area contributed by atoms with Gasteiger partial charge in [-0.15, -0.1) is 0 Å². The number of hydrogen-bond acceptors (Lipinski definition) is 5. The third-order valence-electron chi connectivity index (χ3n) is 3.73. The van der Waals surface area contributed by atoms with E-state index in [4.69, 9.17) is 10.3 Å². The van der Waals surface area contributed by atoms with Gasteiger partial charge in [-0.1, -0.05) is 5.11 Å². The van der Waals surface area contributed by atoms with Gasteiger partial charge >= 0.3 is 6.09 Å². The summed E-state index contributed by atoms with van der Waals surface area (Å²) in [5.74, 6) is -0.360. The van der Waals surface area contributed by atoms with E-state index in [1.807, 2.05) is 32.9 Å². The number of piperazine rings is 1. The second-order valence-corrected chi connectivity index (χ2v) is 6.94. The molecule has 0 radical (unpaired) electrons. The Hall–Kier alpha value is -2.93. The highest BCUT2D eigenvalue weighted by atomic mass is 16.6. The van der Waals surface area contributed by atoms with Crippen LogP contribution in [-0.2, 0) is 9.53 Å². The van der Waals surface area contributed by atoms with Gasteiger partial charge in [0.05, 0.1) is 0 Å². The summed E-state index contributed by atoms with van der Waals surface area (Å²) in [7, 11) is 0. The van der Waals surface area contributed by atoms with Crippen molar-refractivity contribution in [2.45, 2.75) is 26.4 Å². The summed E-state index contributed by atoms with van der Waals surface area (Å²) in [6, 6.07) is 7.41. The van der Waals surface area contributed by atoms with Gasteiger partial charge in [-0.2, -0.15) is 0 Å². The molecule has 1 aromatic rings. The van der Waals surface area contributed by atoms with Crippen LogP contribution >= 0.6 is 0 Å². The zero-order valence-electron chi connectivity index (χ0n) is 15.3. The second kappa shape index (κ2) is 8.44. The second-order valence-electron chi connectivity index (χ2n) is 6.94. The van der Waals surface area contributed by atoms with Gasteiger partial charge in [0.15, 0.2) is 0 Å². The Morgan fingerprint density at radius 1 is 1.19 bits per heavy atom. The van der Waals surface area contributed by atoms with Gasteiger partial charge < -0.3 is 19.9 Å². The van der Waals surface area contributed by atoms with Crippen molar-refractivity contribution < 1.29 is 14.3 Å². The molecule has 0 aliphatic carbocycles. The molecule has 0 unspecified atom stereocenters. The minimum Gasteiger partial charge on any atom is -0.444 e. The zero-order valence-corrected chi connectivity index (χ0v) is 15.3. The summed E-state index contributed by atoms with van der Waals surface area (Å²) < 4.78 is 5.40. The molecule has 1 aromatic carbocycles. The van der Waals surface area contributed by atoms with E-state index in [0.717, 1.165) is 5.69 Å². The lowest BCUT2D eigenvalue weighted by Crippen LogP contribution is -2.50. The van der Waals surface area contributed by atoms with Crippen molar-refractivity contribution >= 4 is 23.4 Å². The lowest BCUT2D eigenvalue weighted by Gasteiger charge is -2.36. The van der Waals surface area contributed by atoms with E-state index in [-0.39, 0.29) is 18.5 Å². The summed E-state index contributed by atoms with van der Waals surface area (Å²) >= 11 is 0. The molecule has 2 amide bonds. The quantitative estimate of drug-likeness (QED) is 0.505. The maximum Gasteiger partial charge on any atom is 0.410 e. The van der Waals surface area contributed by atoms with Crippen LogP contribution in [0.1, 0.15) is 20.8 Å². The van der Waals surface area contributed by atoms with Gasteiger partial charge in [-0.05, 0) is 50.6 Å². The van der Waals surface area contributed by atoms with Gasteiger partial charge in [0.1, 0.15) is 12.1 Å². The standard InChI is InChI=1S/C17H24N6O3/c1-17(2,3)26-16(25)23-10-8-22(9-11-23)14-6-4-13(5-7-14)20-15(24)12-19-21-18/h4-7H,8-12H2,1-3H3,(H,20,24). The molecule has 1 saturated heterocycles. The normalized spacial score (nSPS) is 14.4. The summed E-state index contributed by atoms with van der Waals surface area (Å²) in [6.07, 6.45) is -0.282. The average Bonchev–Trinajstić information content (AvgIpc) is 2.59. The molecule has 1 aliphatic rings. The van der Waals surface area contributed by atoms with E-state index >= 15 is 0 Å². The molecule has 1 heterocycles. The first-order valence-corrected chi connectivity index (χ1v) is 8.42. The zero-order chi connectivity index (χ0) is 19.2. The number of anilines is 2. The summed E-state index contributed by atoms with van der Waals surface area (Å²) in [6.45, 7) is 7.95. The van der Waals surface area contributed by atoms with Crippen LogP contribution in [0.4, 0.5) is 16.2 Å². The lowest BCUT2D eigenvalue weighted by atomic mass is 10.2. The summed E-state index contributed by atoms with van der Waals surface area (Å²) in [4.78, 5) is 30.1. The molecule has 1 fully saturated rings. The number of benzene rings is 1. The highest BCUT2D eigenvalue weighted by molar-refractivity contribution is 5.92. The number of nitrogens with one attached hydrogen (secondary N) is 1. The molecule has 0 saturated carbocycles. The minimum absolute atomic E-state index is 0.231. The van der Waals surface area contributed by atoms with Gasteiger partial charge in [0.2, 0.25) is 5.91 Å². The number of nitrogens with zero attached hydrogens (tertiary/aromatic N) is 5. The van der Waals surface area contributed by atoms with E-state index < -0.39 is 5.60 Å². The highest BCUT2D eigenvalue weighted by Crippen LogP contribution is 2.20. The Morgan fingerprint density at radius 3 is 2.35 bits per heavy atom. The molecule has 26 heavy (non-hydrogen) atoms. The van der Waals surface area contributed by atoms with E-state index in [9.17, 15) is 9.59 Å². The first kappa shape index (κ1) is 19.4. The van der Waals surface area contributed by atoms with Crippen molar-refractivity contribution in [3.63, 3.8) is 0 Å². The monoisotopic (exact) mass is 360 g/mol. The first-order chi connectivity index (χ1) is 12.3. The third kappa shape index (κ3) is 5.86. The first-order valence-electron chi connectivity index (χ1n) is 8.42. The molecular weight excluding hydrogens is 336 g/mol. The van der Waals surface area contributed by atoms with Crippen molar-refractivity contribution in [2.75, 3.05) is 42.9 Å². The third-order valence-corrected chi connectivity index (χ3v) is 3.73. The fraction of sp³-hybridized carbons (Fsp3) is 0.529. The Bertz CT molecular complexity index is 683. The van der Waals surface area contributed by atoms with E-state index in [1.165, 1.54) is 0 Å². The van der Waals surface area contributed by atoms with Crippen LogP contribution in [-0.4, -0.2) is 55.2 Å². The SMILES string of the molecule is CC(C)(C)OC(=O)N1CCN(c2ccc(NC(=O)CN=[N+]=[N-])cc2)CC1. The van der Waals surface area contributed by atoms with Crippen LogP contribution in [0.2, 0.25) is 0 Å². The van der Waals surface area contributed by atoms with Gasteiger partial charge in [-0.3, -0.25) is 4.79 Å². The summed E-state index contributed by atoms with van der Waals surface area (Å²) in [5.41, 5.74) is 9.37. The maximum atomic E-state index is 12.1. The van der Waals surface area contributed by atoms with Gasteiger partial charge in [0, 0.05) is 42.5 Å². The molecule has 9 nitrogen and oxygen atoms in total. The predicted molar refractivity (Wildman–Crippen MR) is 99.1 cm³/mol. The number of carbonyl (C=O) groups is 2. The average molecular weight is 360 g/mol. The van der Waals surface area contributed by atoms with Crippen LogP contribution in [0.5, 0.6) is 0 Å². The molecule has 0 aromatic heterocycles. The number of carbonyl (C=O) groups excluding carboxylic acids is 2. The number of ether oxygens (including phenoxy) is 1. The number of amides is 2. The number of azide groups is 1. The van der Waals surface area contributed by atoms with Crippen LogP contribution in [0.3, 0.4) is 0 Å². The van der Waals surface area contributed by atoms with Crippen molar-refractivity contribution in [1.29, 1.82) is 0 Å². The lowest BCUT2D eigenvalue weighted by molar-refractivity contribution is -0.114. The van der Waals surface area contributed by atoms with Crippen LogP contribution < -0.4 is 10.2 Å². The molecule has 140 valence electrons. The molecule has 1 aliphatic heterocycles. The van der Waals surface area contributed by atoms with Crippen molar-refractivity contribution in [1.82, 2.24) is 4.90 Å². The van der Waals surface area contributed by atoms with Crippen LogP contribution in [0.15, 0.2) is 29.4 Å². The smallest absolute Gasteiger partial charge is 0.410 e. The van der Waals surface area contributed by atoms with Crippen molar-refractivity contribution in [3.8, 4) is 0 Å². The van der Waals surface area contributed by atoms with E-state index in [1.54, 1.807) is 17.0 Å². The molecular formula is C17H24N6O3. The highest BCUT2D eigenvalue weighted by Gasteiger charge is 2.25. The largest absolute Gasteiger partial charge is 0.444 e. The Morgan fingerprint density at radius 2 is 1.81 bits per heavy atom. The van der Waals surface area contributed by atoms with E-state index in [0.29, 0.717) is 31.9 Å². The predicted octanol–water partition coefficient (Wildman–Crippen LogP) is 2.99. The fourth-order valence-corrected chi connectivity index (χ4v) is 2.53. The van der Waals surface area contributed by atoms with E-state index in [2.05, 4.69) is 20.2 Å². The molecule has 1 N–H and O–H groups in total. The molecule has 9 heteroatoms. The Balaban J connectivity index is 1.86. The molecule has 2 rings (SSSR count). The molecule has 0 bridgehead atoms. The number of hydrogen-bond donors (Lipinski definition) is 1.